The number of rotatable bonds is 3. The van der Waals surface area contributed by atoms with Gasteiger partial charge in [-0.3, -0.25) is 0 Å². The third-order valence-corrected chi connectivity index (χ3v) is 3.11. The lowest BCUT2D eigenvalue weighted by Gasteiger charge is -2.14. The molecular weight excluding hydrogens is 224 g/mol. The second-order valence-electron chi connectivity index (χ2n) is 4.53. The lowest BCUT2D eigenvalue weighted by molar-refractivity contribution is 0.218. The fourth-order valence-electron chi connectivity index (χ4n) is 2.01. The molecule has 0 bridgehead atoms. The Hall–Kier alpha value is -1.74. The standard InChI is InChI=1S/C15H18N2O/c1-4-12-6-5-7-13(9-12)15(18)14-8-10(2)16-17-11(14)3/h5-9,15,18H,4H2,1-3H3. The van der Waals surface area contributed by atoms with Crippen molar-refractivity contribution < 1.29 is 5.11 Å². The highest BCUT2D eigenvalue weighted by Gasteiger charge is 2.14. The number of nitrogens with zero attached hydrogens (tertiary/aromatic N) is 2. The van der Waals surface area contributed by atoms with Crippen LogP contribution in [0.5, 0.6) is 0 Å². The molecule has 1 unspecified atom stereocenters. The minimum atomic E-state index is -0.634. The quantitative estimate of drug-likeness (QED) is 0.900. The predicted molar refractivity (Wildman–Crippen MR) is 71.4 cm³/mol. The highest BCUT2D eigenvalue weighted by molar-refractivity contribution is 5.34. The number of aliphatic hydroxyl groups is 1. The third kappa shape index (κ3) is 2.57. The summed E-state index contributed by atoms with van der Waals surface area (Å²) in [5, 5.41) is 18.5. The molecule has 0 aliphatic rings. The summed E-state index contributed by atoms with van der Waals surface area (Å²) in [7, 11) is 0. The van der Waals surface area contributed by atoms with Gasteiger partial charge in [0, 0.05) is 5.56 Å². The van der Waals surface area contributed by atoms with E-state index >= 15 is 0 Å². The molecular formula is C15H18N2O. The van der Waals surface area contributed by atoms with Gasteiger partial charge in [-0.1, -0.05) is 31.2 Å². The Labute approximate surface area is 108 Å². The van der Waals surface area contributed by atoms with Crippen molar-refractivity contribution in [3.05, 3.63) is 58.4 Å². The number of hydrogen-bond donors (Lipinski definition) is 1. The lowest BCUT2D eigenvalue weighted by atomic mass is 9.98. The molecule has 0 aliphatic heterocycles. The SMILES string of the molecule is CCc1cccc(C(O)c2cc(C)nnc2C)c1. The maximum absolute atomic E-state index is 10.4. The Morgan fingerprint density at radius 3 is 2.67 bits per heavy atom. The molecule has 0 fully saturated rings. The van der Waals surface area contributed by atoms with Crippen LogP contribution >= 0.6 is 0 Å². The van der Waals surface area contributed by atoms with E-state index in [1.807, 2.05) is 38.1 Å². The van der Waals surface area contributed by atoms with E-state index in [-0.39, 0.29) is 0 Å². The Balaban J connectivity index is 2.40. The molecule has 0 radical (unpaired) electrons. The van der Waals surface area contributed by atoms with Crippen molar-refractivity contribution in [2.24, 2.45) is 0 Å². The van der Waals surface area contributed by atoms with E-state index in [2.05, 4.69) is 23.2 Å². The largest absolute Gasteiger partial charge is 0.384 e. The Bertz CT molecular complexity index is 552. The van der Waals surface area contributed by atoms with E-state index in [1.165, 1.54) is 5.56 Å². The van der Waals surface area contributed by atoms with Crippen LogP contribution in [0.2, 0.25) is 0 Å². The van der Waals surface area contributed by atoms with Crippen LogP contribution < -0.4 is 0 Å². The molecule has 1 aromatic carbocycles. The molecule has 3 nitrogen and oxygen atoms in total. The summed E-state index contributed by atoms with van der Waals surface area (Å²) in [6.45, 7) is 5.86. The smallest absolute Gasteiger partial charge is 0.106 e. The fraction of sp³-hybridized carbons (Fsp3) is 0.333. The van der Waals surface area contributed by atoms with Crippen LogP contribution in [0.4, 0.5) is 0 Å². The van der Waals surface area contributed by atoms with Gasteiger partial charge in [-0.15, -0.1) is 0 Å². The van der Waals surface area contributed by atoms with Crippen LogP contribution in [0.25, 0.3) is 0 Å². The first-order valence-corrected chi connectivity index (χ1v) is 6.19. The molecule has 1 heterocycles. The second-order valence-corrected chi connectivity index (χ2v) is 4.53. The zero-order chi connectivity index (χ0) is 13.1. The topological polar surface area (TPSA) is 46.0 Å². The third-order valence-electron chi connectivity index (χ3n) is 3.11. The molecule has 1 aromatic heterocycles. The average Bonchev–Trinajstić information content (AvgIpc) is 2.41. The molecule has 2 aromatic rings. The van der Waals surface area contributed by atoms with Crippen LogP contribution in [0.15, 0.2) is 30.3 Å². The maximum Gasteiger partial charge on any atom is 0.106 e. The van der Waals surface area contributed by atoms with Crippen molar-refractivity contribution >= 4 is 0 Å². The molecule has 2 rings (SSSR count). The van der Waals surface area contributed by atoms with E-state index < -0.39 is 6.10 Å². The monoisotopic (exact) mass is 242 g/mol. The van der Waals surface area contributed by atoms with Crippen molar-refractivity contribution in [2.75, 3.05) is 0 Å². The van der Waals surface area contributed by atoms with E-state index in [1.54, 1.807) is 0 Å². The first kappa shape index (κ1) is 12.7. The molecule has 94 valence electrons. The molecule has 3 heteroatoms. The number of aliphatic hydroxyl groups excluding tert-OH is 1. The van der Waals surface area contributed by atoms with Crippen molar-refractivity contribution in [3.63, 3.8) is 0 Å². The molecule has 1 N–H and O–H groups in total. The van der Waals surface area contributed by atoms with Crippen LogP contribution in [-0.2, 0) is 6.42 Å². The van der Waals surface area contributed by atoms with E-state index in [9.17, 15) is 5.11 Å². The van der Waals surface area contributed by atoms with Crippen LogP contribution in [0.1, 0.15) is 41.1 Å². The molecule has 0 aliphatic carbocycles. The Kier molecular flexibility index (Phi) is 3.72. The lowest BCUT2D eigenvalue weighted by Crippen LogP contribution is -2.06. The minimum Gasteiger partial charge on any atom is -0.384 e. The summed E-state index contributed by atoms with van der Waals surface area (Å²) in [4.78, 5) is 0. The highest BCUT2D eigenvalue weighted by Crippen LogP contribution is 2.24. The first-order chi connectivity index (χ1) is 8.61. The van der Waals surface area contributed by atoms with Crippen molar-refractivity contribution in [1.82, 2.24) is 10.2 Å². The first-order valence-electron chi connectivity index (χ1n) is 6.19. The maximum atomic E-state index is 10.4. The van der Waals surface area contributed by atoms with Crippen LogP contribution in [0, 0.1) is 13.8 Å². The number of aromatic nitrogens is 2. The van der Waals surface area contributed by atoms with Gasteiger partial charge in [-0.25, -0.2) is 0 Å². The van der Waals surface area contributed by atoms with Crippen molar-refractivity contribution in [3.8, 4) is 0 Å². The second kappa shape index (κ2) is 5.27. The van der Waals surface area contributed by atoms with Gasteiger partial charge in [0.15, 0.2) is 0 Å². The normalized spacial score (nSPS) is 12.4. The number of aryl methyl sites for hydroxylation is 3. The van der Waals surface area contributed by atoms with Gasteiger partial charge in [-0.05, 0) is 37.5 Å². The average molecular weight is 242 g/mol. The zero-order valence-corrected chi connectivity index (χ0v) is 11.0. The Morgan fingerprint density at radius 2 is 1.94 bits per heavy atom. The van der Waals surface area contributed by atoms with Gasteiger partial charge < -0.3 is 5.11 Å². The number of hydrogen-bond acceptors (Lipinski definition) is 3. The minimum absolute atomic E-state index is 0.634. The van der Waals surface area contributed by atoms with E-state index in [0.29, 0.717) is 0 Å². The predicted octanol–water partition coefficient (Wildman–Crippen LogP) is 2.74. The van der Waals surface area contributed by atoms with Gasteiger partial charge in [0.25, 0.3) is 0 Å². The molecule has 0 spiro atoms. The molecule has 0 saturated carbocycles. The summed E-state index contributed by atoms with van der Waals surface area (Å²) >= 11 is 0. The number of benzene rings is 1. The molecule has 18 heavy (non-hydrogen) atoms. The van der Waals surface area contributed by atoms with Crippen molar-refractivity contribution in [1.29, 1.82) is 0 Å². The Morgan fingerprint density at radius 1 is 1.17 bits per heavy atom. The van der Waals surface area contributed by atoms with Gasteiger partial charge in [0.1, 0.15) is 6.10 Å². The molecule has 0 amide bonds. The van der Waals surface area contributed by atoms with Crippen LogP contribution in [0.3, 0.4) is 0 Å². The summed E-state index contributed by atoms with van der Waals surface area (Å²) in [6.07, 6.45) is 0.332. The fourth-order valence-corrected chi connectivity index (χ4v) is 2.01. The highest BCUT2D eigenvalue weighted by atomic mass is 16.3. The van der Waals surface area contributed by atoms with Gasteiger partial charge in [0.2, 0.25) is 0 Å². The van der Waals surface area contributed by atoms with Gasteiger partial charge in [-0.2, -0.15) is 10.2 Å². The van der Waals surface area contributed by atoms with Gasteiger partial charge in [0.05, 0.1) is 11.4 Å². The zero-order valence-electron chi connectivity index (χ0n) is 11.0. The van der Waals surface area contributed by atoms with Gasteiger partial charge >= 0.3 is 0 Å². The summed E-state index contributed by atoms with van der Waals surface area (Å²) < 4.78 is 0. The van der Waals surface area contributed by atoms with Crippen molar-refractivity contribution in [2.45, 2.75) is 33.3 Å². The summed E-state index contributed by atoms with van der Waals surface area (Å²) in [6, 6.07) is 9.93. The van der Waals surface area contributed by atoms with E-state index in [4.69, 9.17) is 0 Å². The van der Waals surface area contributed by atoms with E-state index in [0.717, 1.165) is 28.9 Å². The molecule has 0 saturated heterocycles. The summed E-state index contributed by atoms with van der Waals surface area (Å²) in [5.41, 5.74) is 4.56. The molecule has 1 atom stereocenters. The van der Waals surface area contributed by atoms with Crippen LogP contribution in [-0.4, -0.2) is 15.3 Å². The summed E-state index contributed by atoms with van der Waals surface area (Å²) in [5.74, 6) is 0.